The van der Waals surface area contributed by atoms with Gasteiger partial charge < -0.3 is 10.4 Å². The number of fused-ring (bicyclic) bond motifs is 1. The van der Waals surface area contributed by atoms with E-state index in [0.717, 1.165) is 10.9 Å². The molecular formula is C20H22N4O3. The van der Waals surface area contributed by atoms with E-state index in [9.17, 15) is 14.7 Å². The third-order valence-electron chi connectivity index (χ3n) is 4.37. The first kappa shape index (κ1) is 18.6. The van der Waals surface area contributed by atoms with Crippen molar-refractivity contribution in [2.75, 3.05) is 0 Å². The first-order valence-corrected chi connectivity index (χ1v) is 8.81. The van der Waals surface area contributed by atoms with Gasteiger partial charge in [0.05, 0.1) is 23.0 Å². The van der Waals surface area contributed by atoms with Crippen LogP contribution in [0, 0.1) is 12.8 Å². The number of carbonyl (C=O) groups excluding carboxylic acids is 1. The molecule has 27 heavy (non-hydrogen) atoms. The van der Waals surface area contributed by atoms with Crippen molar-refractivity contribution in [3.05, 3.63) is 53.9 Å². The molecule has 2 N–H and O–H groups in total. The van der Waals surface area contributed by atoms with Crippen LogP contribution in [0.5, 0.6) is 0 Å². The maximum Gasteiger partial charge on any atom is 0.326 e. The van der Waals surface area contributed by atoms with E-state index in [1.165, 1.54) is 6.20 Å². The summed E-state index contributed by atoms with van der Waals surface area (Å²) < 4.78 is 1.58. The van der Waals surface area contributed by atoms with Gasteiger partial charge in [0.2, 0.25) is 0 Å². The molecule has 0 aliphatic carbocycles. The minimum Gasteiger partial charge on any atom is -0.480 e. The second-order valence-electron chi connectivity index (χ2n) is 6.91. The van der Waals surface area contributed by atoms with Crippen LogP contribution in [0.1, 0.15) is 36.3 Å². The summed E-state index contributed by atoms with van der Waals surface area (Å²) in [5.41, 5.74) is 1.77. The van der Waals surface area contributed by atoms with E-state index in [4.69, 9.17) is 0 Å². The quantitative estimate of drug-likeness (QED) is 0.699. The number of amides is 1. The Labute approximate surface area is 157 Å². The van der Waals surface area contributed by atoms with Crippen molar-refractivity contribution in [2.24, 2.45) is 5.92 Å². The number of para-hydroxylation sites is 1. The molecule has 3 rings (SSSR count). The maximum absolute atomic E-state index is 12.6. The van der Waals surface area contributed by atoms with Crippen molar-refractivity contribution >= 4 is 22.8 Å². The molecule has 1 amide bonds. The molecule has 2 aromatic heterocycles. The zero-order chi connectivity index (χ0) is 19.6. The summed E-state index contributed by atoms with van der Waals surface area (Å²) in [6, 6.07) is 10.6. The number of aromatic nitrogens is 3. The molecule has 1 aromatic carbocycles. The van der Waals surface area contributed by atoms with Crippen molar-refractivity contribution in [3.8, 4) is 5.82 Å². The van der Waals surface area contributed by atoms with Gasteiger partial charge in [0.1, 0.15) is 6.04 Å². The van der Waals surface area contributed by atoms with Gasteiger partial charge in [0.25, 0.3) is 5.91 Å². The molecule has 0 saturated heterocycles. The number of hydrogen-bond acceptors (Lipinski definition) is 4. The monoisotopic (exact) mass is 366 g/mol. The highest BCUT2D eigenvalue weighted by atomic mass is 16.4. The molecule has 0 radical (unpaired) electrons. The SMILES string of the molecule is Cc1c(C(=O)NC(CC(C)C)C(=O)O)cnn1-c1ccc2ccccc2n1. The fraction of sp³-hybridized carbons (Fsp3) is 0.300. The Morgan fingerprint density at radius 2 is 1.93 bits per heavy atom. The number of benzene rings is 1. The largest absolute Gasteiger partial charge is 0.480 e. The van der Waals surface area contributed by atoms with Crippen molar-refractivity contribution in [2.45, 2.75) is 33.2 Å². The molecule has 0 saturated carbocycles. The van der Waals surface area contributed by atoms with E-state index in [0.29, 0.717) is 23.5 Å². The van der Waals surface area contributed by atoms with Gasteiger partial charge in [-0.2, -0.15) is 5.10 Å². The van der Waals surface area contributed by atoms with Gasteiger partial charge >= 0.3 is 5.97 Å². The standard InChI is InChI=1S/C20H22N4O3/c1-12(2)10-17(20(26)27)23-19(25)15-11-21-24(13(15)3)18-9-8-14-6-4-5-7-16(14)22-18/h4-9,11-12,17H,10H2,1-3H3,(H,23,25)(H,26,27). The maximum atomic E-state index is 12.6. The number of hydrogen-bond donors (Lipinski definition) is 2. The Balaban J connectivity index is 1.87. The third-order valence-corrected chi connectivity index (χ3v) is 4.37. The summed E-state index contributed by atoms with van der Waals surface area (Å²) in [4.78, 5) is 28.5. The van der Waals surface area contributed by atoms with Gasteiger partial charge in [-0.15, -0.1) is 0 Å². The van der Waals surface area contributed by atoms with Crippen LogP contribution in [0.2, 0.25) is 0 Å². The number of nitrogens with one attached hydrogen (secondary N) is 1. The number of rotatable bonds is 6. The first-order chi connectivity index (χ1) is 12.9. The molecule has 1 unspecified atom stereocenters. The molecule has 3 aromatic rings. The minimum atomic E-state index is -1.04. The lowest BCUT2D eigenvalue weighted by atomic mass is 10.0. The van der Waals surface area contributed by atoms with E-state index < -0.39 is 17.9 Å². The molecule has 0 spiro atoms. The zero-order valence-electron chi connectivity index (χ0n) is 15.5. The third kappa shape index (κ3) is 3.97. The van der Waals surface area contributed by atoms with E-state index in [-0.39, 0.29) is 5.92 Å². The Bertz CT molecular complexity index is 994. The minimum absolute atomic E-state index is 0.150. The molecule has 1 atom stereocenters. The summed E-state index contributed by atoms with van der Waals surface area (Å²) >= 11 is 0. The Morgan fingerprint density at radius 1 is 1.19 bits per heavy atom. The topological polar surface area (TPSA) is 97.1 Å². The van der Waals surface area contributed by atoms with Crippen LogP contribution < -0.4 is 5.32 Å². The lowest BCUT2D eigenvalue weighted by Crippen LogP contribution is -2.41. The molecule has 0 fully saturated rings. The van der Waals surface area contributed by atoms with E-state index >= 15 is 0 Å². The number of carbonyl (C=O) groups is 2. The number of nitrogens with zero attached hydrogens (tertiary/aromatic N) is 3. The average molecular weight is 366 g/mol. The van der Waals surface area contributed by atoms with E-state index in [1.807, 2.05) is 50.2 Å². The molecule has 2 heterocycles. The summed E-state index contributed by atoms with van der Waals surface area (Å²) in [6.45, 7) is 5.59. The Kier molecular flexibility index (Phi) is 5.21. The van der Waals surface area contributed by atoms with Crippen molar-refractivity contribution in [1.29, 1.82) is 0 Å². The van der Waals surface area contributed by atoms with E-state index in [2.05, 4.69) is 15.4 Å². The van der Waals surface area contributed by atoms with Gasteiger partial charge in [-0.05, 0) is 37.5 Å². The van der Waals surface area contributed by atoms with Gasteiger partial charge in [0.15, 0.2) is 5.82 Å². The summed E-state index contributed by atoms with van der Waals surface area (Å²) in [7, 11) is 0. The van der Waals surface area contributed by atoms with E-state index in [1.54, 1.807) is 11.6 Å². The number of carboxylic acid groups (broad SMARTS) is 1. The predicted octanol–water partition coefficient (Wildman–Crippen LogP) is 2.96. The molecule has 7 nitrogen and oxygen atoms in total. The first-order valence-electron chi connectivity index (χ1n) is 8.81. The second kappa shape index (κ2) is 7.57. The lowest BCUT2D eigenvalue weighted by Gasteiger charge is -2.16. The molecule has 7 heteroatoms. The van der Waals surface area contributed by atoms with Crippen LogP contribution in [-0.2, 0) is 4.79 Å². The number of carboxylic acids is 1. The normalized spacial score (nSPS) is 12.3. The van der Waals surface area contributed by atoms with Crippen molar-refractivity contribution in [3.63, 3.8) is 0 Å². The van der Waals surface area contributed by atoms with Gasteiger partial charge in [-0.25, -0.2) is 14.5 Å². The van der Waals surface area contributed by atoms with Crippen LogP contribution in [0.3, 0.4) is 0 Å². The van der Waals surface area contributed by atoms with Crippen LogP contribution in [0.4, 0.5) is 0 Å². The van der Waals surface area contributed by atoms with Crippen LogP contribution in [0.15, 0.2) is 42.6 Å². The lowest BCUT2D eigenvalue weighted by molar-refractivity contribution is -0.139. The molecule has 0 bridgehead atoms. The highest BCUT2D eigenvalue weighted by molar-refractivity contribution is 5.97. The number of aliphatic carboxylic acids is 1. The van der Waals surface area contributed by atoms with Gasteiger partial charge in [-0.3, -0.25) is 4.79 Å². The Hall–Kier alpha value is -3.22. The van der Waals surface area contributed by atoms with Crippen molar-refractivity contribution in [1.82, 2.24) is 20.1 Å². The average Bonchev–Trinajstić information content (AvgIpc) is 3.01. The summed E-state index contributed by atoms with van der Waals surface area (Å²) in [5.74, 6) is -0.745. The summed E-state index contributed by atoms with van der Waals surface area (Å²) in [6.07, 6.45) is 1.80. The smallest absolute Gasteiger partial charge is 0.326 e. The van der Waals surface area contributed by atoms with Crippen LogP contribution >= 0.6 is 0 Å². The molecule has 0 aliphatic heterocycles. The zero-order valence-corrected chi connectivity index (χ0v) is 15.5. The highest BCUT2D eigenvalue weighted by Gasteiger charge is 2.24. The van der Waals surface area contributed by atoms with Crippen molar-refractivity contribution < 1.29 is 14.7 Å². The molecule has 0 aliphatic rings. The highest BCUT2D eigenvalue weighted by Crippen LogP contribution is 2.17. The fourth-order valence-corrected chi connectivity index (χ4v) is 2.97. The fourth-order valence-electron chi connectivity index (χ4n) is 2.97. The van der Waals surface area contributed by atoms with Crippen LogP contribution in [-0.4, -0.2) is 37.8 Å². The number of pyridine rings is 1. The van der Waals surface area contributed by atoms with Gasteiger partial charge in [-0.1, -0.05) is 32.0 Å². The predicted molar refractivity (Wildman–Crippen MR) is 102 cm³/mol. The second-order valence-corrected chi connectivity index (χ2v) is 6.91. The molecular weight excluding hydrogens is 344 g/mol. The summed E-state index contributed by atoms with van der Waals surface area (Å²) in [5, 5.41) is 17.2. The van der Waals surface area contributed by atoms with Gasteiger partial charge in [0, 0.05) is 5.39 Å². The Morgan fingerprint density at radius 3 is 2.63 bits per heavy atom. The van der Waals surface area contributed by atoms with Crippen LogP contribution in [0.25, 0.3) is 16.7 Å². The molecule has 140 valence electrons.